The number of aryl methyl sites for hydroxylation is 1. The highest BCUT2D eigenvalue weighted by molar-refractivity contribution is 6.24. The maximum atomic E-state index is 13.0. The number of hydrogen-bond donors (Lipinski definition) is 2. The van der Waals surface area contributed by atoms with Gasteiger partial charge in [0.25, 0.3) is 5.69 Å². The lowest BCUT2D eigenvalue weighted by Crippen LogP contribution is -2.22. The third-order valence-electron chi connectivity index (χ3n) is 5.55. The Balaban J connectivity index is 1.60. The number of H-pyrrole nitrogens is 1. The first kappa shape index (κ1) is 20.3. The van der Waals surface area contributed by atoms with E-state index in [1.54, 1.807) is 12.3 Å². The van der Waals surface area contributed by atoms with Crippen LogP contribution in [-0.2, 0) is 4.79 Å². The Hall–Kier alpha value is -4.59. The Morgan fingerprint density at radius 3 is 2.48 bits per heavy atom. The van der Waals surface area contributed by atoms with Crippen molar-refractivity contribution in [2.45, 2.75) is 12.8 Å². The van der Waals surface area contributed by atoms with E-state index in [9.17, 15) is 14.9 Å². The zero-order valence-electron chi connectivity index (χ0n) is 17.6. The molecule has 0 spiro atoms. The van der Waals surface area contributed by atoms with Crippen molar-refractivity contribution in [1.82, 2.24) is 9.97 Å². The second-order valence-electron chi connectivity index (χ2n) is 7.74. The van der Waals surface area contributed by atoms with Crippen LogP contribution in [0.25, 0.3) is 11.3 Å². The number of carbonyl (C=O) groups is 1. The van der Waals surface area contributed by atoms with Crippen molar-refractivity contribution in [3.05, 3.63) is 106 Å². The topological polar surface area (TPSA) is 113 Å². The van der Waals surface area contributed by atoms with Crippen LogP contribution in [0.1, 0.15) is 22.9 Å². The Kier molecular flexibility index (Phi) is 5.02. The van der Waals surface area contributed by atoms with Gasteiger partial charge in [-0.25, -0.2) is 4.98 Å². The van der Waals surface area contributed by atoms with Crippen molar-refractivity contribution in [3.63, 3.8) is 0 Å². The number of benzene rings is 3. The zero-order valence-corrected chi connectivity index (χ0v) is 17.6. The van der Waals surface area contributed by atoms with Gasteiger partial charge in [-0.1, -0.05) is 42.5 Å². The molecule has 8 nitrogen and oxygen atoms in total. The fraction of sp³-hybridized carbons (Fsp3) is 0.0800. The van der Waals surface area contributed by atoms with Gasteiger partial charge in [0.15, 0.2) is 0 Å². The molecular formula is C25H19N5O3. The van der Waals surface area contributed by atoms with Gasteiger partial charge < -0.3 is 10.3 Å². The smallest absolute Gasteiger partial charge is 0.269 e. The Labute approximate surface area is 189 Å². The summed E-state index contributed by atoms with van der Waals surface area (Å²) < 4.78 is 0. The quantitative estimate of drug-likeness (QED) is 0.255. The number of imidazole rings is 1. The summed E-state index contributed by atoms with van der Waals surface area (Å²) in [4.78, 5) is 36.1. The number of nitro groups is 1. The SMILES string of the molecule is Cc1ncc(-c2ccc(N=C(c3ccccc3)C3C(=O)Nc4ccc([N+](=O)[O-])cc43)cc2)[nH]1. The number of hydrogen-bond acceptors (Lipinski definition) is 5. The number of carbonyl (C=O) groups excluding carboxylic acids is 1. The predicted octanol–water partition coefficient (Wildman–Crippen LogP) is 5.15. The Bertz CT molecular complexity index is 1390. The molecule has 0 saturated carbocycles. The number of nitrogens with one attached hydrogen (secondary N) is 2. The van der Waals surface area contributed by atoms with Crippen molar-refractivity contribution in [1.29, 1.82) is 0 Å². The van der Waals surface area contributed by atoms with Crippen LogP contribution in [0.4, 0.5) is 17.1 Å². The molecule has 0 radical (unpaired) electrons. The minimum absolute atomic E-state index is 0.0677. The van der Waals surface area contributed by atoms with E-state index in [4.69, 9.17) is 4.99 Å². The van der Waals surface area contributed by atoms with E-state index >= 15 is 0 Å². The van der Waals surface area contributed by atoms with Gasteiger partial charge in [-0.3, -0.25) is 19.9 Å². The van der Waals surface area contributed by atoms with Gasteiger partial charge >= 0.3 is 0 Å². The molecule has 162 valence electrons. The van der Waals surface area contributed by atoms with E-state index < -0.39 is 10.8 Å². The number of amides is 1. The number of aliphatic imine (C=N–C) groups is 1. The molecule has 8 heteroatoms. The summed E-state index contributed by atoms with van der Waals surface area (Å²) in [7, 11) is 0. The number of anilines is 1. The maximum Gasteiger partial charge on any atom is 0.269 e. The molecule has 3 aromatic carbocycles. The van der Waals surface area contributed by atoms with Crippen molar-refractivity contribution in [2.24, 2.45) is 4.99 Å². The number of fused-ring (bicyclic) bond motifs is 1. The summed E-state index contributed by atoms with van der Waals surface area (Å²) in [6.45, 7) is 1.89. The van der Waals surface area contributed by atoms with Crippen LogP contribution in [0.2, 0.25) is 0 Å². The van der Waals surface area contributed by atoms with E-state index in [0.29, 0.717) is 22.6 Å². The predicted molar refractivity (Wildman–Crippen MR) is 126 cm³/mol. The summed E-state index contributed by atoms with van der Waals surface area (Å²) in [5, 5.41) is 14.2. The fourth-order valence-corrected chi connectivity index (χ4v) is 3.96. The second-order valence-corrected chi connectivity index (χ2v) is 7.74. The molecule has 1 aromatic heterocycles. The van der Waals surface area contributed by atoms with Gasteiger partial charge in [-0.2, -0.15) is 0 Å². The van der Waals surface area contributed by atoms with Gasteiger partial charge in [0.1, 0.15) is 11.7 Å². The summed E-state index contributed by atoms with van der Waals surface area (Å²) in [5.74, 6) is -0.201. The number of nitro benzene ring substituents is 1. The van der Waals surface area contributed by atoms with Crippen LogP contribution >= 0.6 is 0 Å². The molecule has 1 atom stereocenters. The molecule has 2 N–H and O–H groups in total. The van der Waals surface area contributed by atoms with Gasteiger partial charge in [-0.15, -0.1) is 0 Å². The average molecular weight is 437 g/mol. The third-order valence-corrected chi connectivity index (χ3v) is 5.55. The van der Waals surface area contributed by atoms with Crippen LogP contribution in [0.15, 0.2) is 84.0 Å². The van der Waals surface area contributed by atoms with E-state index in [2.05, 4.69) is 15.3 Å². The first-order valence-electron chi connectivity index (χ1n) is 10.3. The molecule has 2 heterocycles. The van der Waals surface area contributed by atoms with Crippen LogP contribution in [0, 0.1) is 17.0 Å². The van der Waals surface area contributed by atoms with Crippen LogP contribution in [-0.4, -0.2) is 26.5 Å². The fourth-order valence-electron chi connectivity index (χ4n) is 3.96. The first-order valence-corrected chi connectivity index (χ1v) is 10.3. The van der Waals surface area contributed by atoms with Gasteiger partial charge in [0.2, 0.25) is 5.91 Å². The number of rotatable bonds is 5. The van der Waals surface area contributed by atoms with E-state index in [-0.39, 0.29) is 11.6 Å². The minimum Gasteiger partial charge on any atom is -0.342 e. The largest absolute Gasteiger partial charge is 0.342 e. The highest BCUT2D eigenvalue weighted by Crippen LogP contribution is 2.38. The van der Waals surface area contributed by atoms with Crippen molar-refractivity contribution < 1.29 is 9.72 Å². The maximum absolute atomic E-state index is 13.0. The molecule has 1 amide bonds. The first-order chi connectivity index (χ1) is 16.0. The minimum atomic E-state index is -0.766. The molecule has 5 rings (SSSR count). The van der Waals surface area contributed by atoms with Gasteiger partial charge in [-0.05, 0) is 36.2 Å². The molecule has 0 bridgehead atoms. The second kappa shape index (κ2) is 8.16. The van der Waals surface area contributed by atoms with Crippen molar-refractivity contribution >= 4 is 28.7 Å². The third kappa shape index (κ3) is 3.89. The highest BCUT2D eigenvalue weighted by Gasteiger charge is 2.36. The van der Waals surface area contributed by atoms with Gasteiger partial charge in [0.05, 0.1) is 28.2 Å². The van der Waals surface area contributed by atoms with Gasteiger partial charge in [0, 0.05) is 23.4 Å². The van der Waals surface area contributed by atoms with Crippen LogP contribution in [0.5, 0.6) is 0 Å². The van der Waals surface area contributed by atoms with Crippen LogP contribution in [0.3, 0.4) is 0 Å². The molecule has 1 aliphatic heterocycles. The summed E-state index contributed by atoms with van der Waals surface area (Å²) in [6, 6.07) is 21.4. The summed E-state index contributed by atoms with van der Waals surface area (Å²) in [5.41, 5.74) is 4.87. The summed E-state index contributed by atoms with van der Waals surface area (Å²) in [6.07, 6.45) is 1.77. The average Bonchev–Trinajstić information content (AvgIpc) is 3.40. The Morgan fingerprint density at radius 1 is 1.06 bits per heavy atom. The molecule has 4 aromatic rings. The van der Waals surface area contributed by atoms with E-state index in [0.717, 1.165) is 22.6 Å². The lowest BCUT2D eigenvalue weighted by molar-refractivity contribution is -0.384. The normalized spacial score (nSPS) is 15.2. The zero-order chi connectivity index (χ0) is 22.9. The number of aromatic amines is 1. The van der Waals surface area contributed by atoms with Crippen molar-refractivity contribution in [3.8, 4) is 11.3 Å². The molecule has 33 heavy (non-hydrogen) atoms. The van der Waals surface area contributed by atoms with E-state index in [1.807, 2.05) is 61.5 Å². The number of aromatic nitrogens is 2. The van der Waals surface area contributed by atoms with E-state index in [1.165, 1.54) is 12.1 Å². The monoisotopic (exact) mass is 437 g/mol. The molecule has 0 fully saturated rings. The Morgan fingerprint density at radius 2 is 1.82 bits per heavy atom. The molecule has 0 aliphatic carbocycles. The molecular weight excluding hydrogens is 418 g/mol. The standard InChI is InChI=1S/C25H19N5O3/c1-15-26-14-22(27-15)16-7-9-18(10-8-16)28-24(17-5-3-2-4-6-17)23-20-13-19(30(32)33)11-12-21(20)29-25(23)31/h2-14,23H,1H3,(H,26,27)(H,29,31). The number of nitrogens with zero attached hydrogens (tertiary/aromatic N) is 3. The van der Waals surface area contributed by atoms with Crippen LogP contribution < -0.4 is 5.32 Å². The lowest BCUT2D eigenvalue weighted by atomic mass is 9.90. The van der Waals surface area contributed by atoms with Crippen molar-refractivity contribution in [2.75, 3.05) is 5.32 Å². The summed E-state index contributed by atoms with van der Waals surface area (Å²) >= 11 is 0. The molecule has 1 aliphatic rings. The molecule has 1 unspecified atom stereocenters. The molecule has 0 saturated heterocycles. The highest BCUT2D eigenvalue weighted by atomic mass is 16.6. The lowest BCUT2D eigenvalue weighted by Gasteiger charge is -2.14. The number of non-ortho nitro benzene ring substituents is 1.